The molecule has 0 radical (unpaired) electrons. The molecule has 0 fully saturated rings. The number of hydrogen-bond acceptors (Lipinski definition) is 0. The molecule has 0 spiro atoms. The van der Waals surface area contributed by atoms with Crippen LogP contribution in [0.3, 0.4) is 0 Å². The zero-order chi connectivity index (χ0) is 32.7. The molecule has 0 aromatic heterocycles. The van der Waals surface area contributed by atoms with E-state index < -0.39 is 0 Å². The Morgan fingerprint density at radius 1 is 0.489 bits per heavy atom. The Morgan fingerprint density at radius 2 is 0.889 bits per heavy atom. The van der Waals surface area contributed by atoms with E-state index in [-0.39, 0.29) is 0 Å². The second kappa shape index (κ2) is 24.4. The zero-order valence-corrected chi connectivity index (χ0v) is 31.5. The number of allylic oxidation sites excluding steroid dienone is 2. The zero-order valence-electron chi connectivity index (χ0n) is 30.0. The Labute approximate surface area is 287 Å². The van der Waals surface area contributed by atoms with Crippen LogP contribution in [0.4, 0.5) is 0 Å². The molecule has 254 valence electrons. The molecular weight excluding hydrogens is 639 g/mol. The summed E-state index contributed by atoms with van der Waals surface area (Å²) < 4.78 is 1.58. The Kier molecular flexibility index (Phi) is 21.3. The molecule has 3 heteroatoms. The van der Waals surface area contributed by atoms with Crippen molar-refractivity contribution in [1.29, 1.82) is 0 Å². The first-order chi connectivity index (χ1) is 22.1. The molecule has 0 saturated carbocycles. The van der Waals surface area contributed by atoms with Gasteiger partial charge in [0.1, 0.15) is 0 Å². The Hall–Kier alpha value is -1.82. The molecule has 0 N–H and O–H groups in total. The Bertz CT molecular complexity index is 1170. The van der Waals surface area contributed by atoms with Gasteiger partial charge in [-0.05, 0) is 86.8 Å². The van der Waals surface area contributed by atoms with Crippen LogP contribution in [0.15, 0.2) is 59.7 Å². The van der Waals surface area contributed by atoms with Crippen molar-refractivity contribution < 1.29 is 22.7 Å². The minimum absolute atomic E-state index is 1.02. The van der Waals surface area contributed by atoms with Gasteiger partial charge in [0.2, 0.25) is 11.4 Å². The van der Waals surface area contributed by atoms with Gasteiger partial charge in [-0.3, -0.25) is 0 Å². The predicted octanol–water partition coefficient (Wildman–Crippen LogP) is 14.2. The average molecular weight is 705 g/mol. The van der Waals surface area contributed by atoms with Gasteiger partial charge in [-0.25, -0.2) is 4.70 Å². The predicted molar refractivity (Wildman–Crippen MR) is 195 cm³/mol. The molecule has 1 aliphatic heterocycles. The number of unbranched alkanes of at least 4 members (excludes halogenated alkanes) is 10. The molecule has 0 amide bonds. The van der Waals surface area contributed by atoms with Crippen molar-refractivity contribution in [2.45, 2.75) is 167 Å². The number of hydrogen-bond donors (Lipinski definition) is 0. The topological polar surface area (TPSA) is 25.3 Å². The van der Waals surface area contributed by atoms with E-state index in [4.69, 9.17) is 0 Å². The number of aryl methyl sites for hydroxylation is 2. The third-order valence-electron chi connectivity index (χ3n) is 8.78. The van der Waals surface area contributed by atoms with Gasteiger partial charge in [-0.1, -0.05) is 116 Å². The van der Waals surface area contributed by atoms with Crippen molar-refractivity contribution in [3.8, 4) is 0 Å². The van der Waals surface area contributed by atoms with Crippen LogP contribution >= 0.6 is 0 Å². The third-order valence-corrected chi connectivity index (χ3v) is 10.3. The van der Waals surface area contributed by atoms with Crippen LogP contribution in [0.1, 0.15) is 167 Å². The van der Waals surface area contributed by atoms with Crippen molar-refractivity contribution in [3.05, 3.63) is 87.5 Å². The first-order valence-electron chi connectivity index (χ1n) is 18.6. The normalized spacial score (nSPS) is 13.2. The first kappa shape index (κ1) is 39.4. The van der Waals surface area contributed by atoms with Crippen LogP contribution in [-0.4, -0.2) is 4.70 Å². The summed E-state index contributed by atoms with van der Waals surface area (Å²) in [6, 6.07) is 18.0. The molecule has 0 bridgehead atoms. The van der Waals surface area contributed by atoms with E-state index in [0.717, 1.165) is 73.5 Å². The molecule has 2 aromatic carbocycles. The van der Waals surface area contributed by atoms with E-state index in [0.29, 0.717) is 0 Å². The molecule has 45 heavy (non-hydrogen) atoms. The molecule has 0 aliphatic carbocycles. The van der Waals surface area contributed by atoms with E-state index in [9.17, 15) is 5.53 Å². The summed E-state index contributed by atoms with van der Waals surface area (Å²) in [6.07, 6.45) is 21.8. The van der Waals surface area contributed by atoms with Gasteiger partial charge in [-0.15, -0.1) is 0 Å². The maximum absolute atomic E-state index is 12.0. The van der Waals surface area contributed by atoms with Gasteiger partial charge in [0.15, 0.2) is 0 Å². The number of benzene rings is 2. The van der Waals surface area contributed by atoms with Crippen LogP contribution in [0.2, 0.25) is 9.79 Å². The van der Waals surface area contributed by atoms with E-state index in [1.54, 1.807) is 4.70 Å². The van der Waals surface area contributed by atoms with Crippen molar-refractivity contribution in [1.82, 2.24) is 0 Å². The summed E-state index contributed by atoms with van der Waals surface area (Å²) in [6.45, 7) is 13.6. The van der Waals surface area contributed by atoms with Crippen molar-refractivity contribution in [2.24, 2.45) is 0 Å². The molecule has 0 saturated heterocycles. The third kappa shape index (κ3) is 13.8. The minimum atomic E-state index is 1.02. The number of rotatable bonds is 22. The summed E-state index contributed by atoms with van der Waals surface area (Å²) in [4.78, 5) is 2.79. The summed E-state index contributed by atoms with van der Waals surface area (Å²) in [5, 5.41) is 0. The molecule has 0 unspecified atom stereocenters. The van der Waals surface area contributed by atoms with Gasteiger partial charge in [-0.2, -0.15) is 0 Å². The number of nitrogens with zero attached hydrogens (tertiary/aromatic N) is 2. The van der Waals surface area contributed by atoms with Crippen molar-refractivity contribution in [2.75, 3.05) is 0 Å². The fourth-order valence-corrected chi connectivity index (χ4v) is 7.06. The standard InChI is InChI=1S/C38H56N2.2C2H5.Pd/c1-5-9-13-14-15-18-28-36-35(27-12-8-4)37(33-25-19-23-31(29-33)21-16-10-6-2)40(39)38(36)34-26-20-24-32(30-34)22-17-11-7-3;2*1-2;/h19-20,23-26,29-30H,5-18,21-22,27-28H2,1-4H3;2*1H2,2H3;. The summed E-state index contributed by atoms with van der Waals surface area (Å²) in [5.74, 6) is 0. The van der Waals surface area contributed by atoms with Crippen LogP contribution < -0.4 is 0 Å². The molecule has 2 nitrogen and oxygen atoms in total. The van der Waals surface area contributed by atoms with Gasteiger partial charge in [0.25, 0.3) is 0 Å². The summed E-state index contributed by atoms with van der Waals surface area (Å²) in [7, 11) is 0. The summed E-state index contributed by atoms with van der Waals surface area (Å²) in [5.41, 5.74) is 21.9. The Balaban J connectivity index is 0.00000130. The van der Waals surface area contributed by atoms with Gasteiger partial charge in [0, 0.05) is 22.3 Å². The molecule has 0 atom stereocenters. The second-order valence-corrected chi connectivity index (χ2v) is 15.5. The second-order valence-electron chi connectivity index (χ2n) is 12.5. The maximum atomic E-state index is 12.0. The van der Waals surface area contributed by atoms with E-state index in [1.165, 1.54) is 115 Å². The fraction of sp³-hybridized carbons (Fsp3) is 0.619. The van der Waals surface area contributed by atoms with E-state index in [1.807, 2.05) is 0 Å². The van der Waals surface area contributed by atoms with Crippen molar-refractivity contribution in [3.63, 3.8) is 0 Å². The molecule has 1 aliphatic rings. The Morgan fingerprint density at radius 3 is 1.33 bits per heavy atom. The van der Waals surface area contributed by atoms with Crippen LogP contribution in [-0.2, 0) is 30.8 Å². The van der Waals surface area contributed by atoms with Gasteiger partial charge >= 0.3 is 41.6 Å². The molecule has 2 aromatic rings. The van der Waals surface area contributed by atoms with Crippen LogP contribution in [0.25, 0.3) is 16.9 Å². The fourth-order valence-electron chi connectivity index (χ4n) is 6.29. The quantitative estimate of drug-likeness (QED) is 0.0662. The van der Waals surface area contributed by atoms with E-state index in [2.05, 4.69) is 90.1 Å². The van der Waals surface area contributed by atoms with Gasteiger partial charge < -0.3 is 5.53 Å². The van der Waals surface area contributed by atoms with Crippen LogP contribution in [0, 0.1) is 0 Å². The molecule has 1 heterocycles. The molecule has 3 rings (SSSR count). The van der Waals surface area contributed by atoms with E-state index >= 15 is 0 Å². The van der Waals surface area contributed by atoms with Gasteiger partial charge in [0.05, 0.1) is 0 Å². The monoisotopic (exact) mass is 704 g/mol. The SMILES string of the molecule is CCCCCCCCC1=C(c2cccc(CCCCC)c2)[N+](=[N-])C(c2cccc(CCCCC)c2)=C1CCCC.C[CH2][Pd][CH2]C. The first-order valence-corrected chi connectivity index (χ1v) is 20.8. The summed E-state index contributed by atoms with van der Waals surface area (Å²) >= 11 is 1.04. The average Bonchev–Trinajstić information content (AvgIpc) is 3.33. The van der Waals surface area contributed by atoms with Crippen molar-refractivity contribution >= 4 is 11.4 Å². The molecular formula is C42H66N2Pd. The van der Waals surface area contributed by atoms with Crippen LogP contribution in [0.5, 0.6) is 0 Å².